The maximum absolute atomic E-state index is 12.8. The van der Waals surface area contributed by atoms with Gasteiger partial charge < -0.3 is 14.8 Å². The van der Waals surface area contributed by atoms with Gasteiger partial charge in [-0.1, -0.05) is 18.2 Å². The van der Waals surface area contributed by atoms with Crippen LogP contribution in [-0.2, 0) is 19.1 Å². The Kier molecular flexibility index (Phi) is 5.71. The number of carbonyl (C=O) groups is 3. The lowest BCUT2D eigenvalue weighted by atomic mass is 10.1. The van der Waals surface area contributed by atoms with Crippen molar-refractivity contribution in [3.63, 3.8) is 0 Å². The molecule has 0 saturated carbocycles. The van der Waals surface area contributed by atoms with E-state index in [1.807, 2.05) is 32.0 Å². The number of urea groups is 1. The number of esters is 2. The first-order valence-electron chi connectivity index (χ1n) is 7.33. The van der Waals surface area contributed by atoms with E-state index in [2.05, 4.69) is 5.32 Å². The monoisotopic (exact) mass is 352 g/mol. The molecule has 2 rings (SSSR count). The van der Waals surface area contributed by atoms with Crippen LogP contribution in [0.25, 0.3) is 0 Å². The van der Waals surface area contributed by atoms with Crippen LogP contribution in [0.3, 0.4) is 0 Å². The Morgan fingerprint density at radius 1 is 1.12 bits per heavy atom. The second-order valence-electron chi connectivity index (χ2n) is 5.35. The summed E-state index contributed by atoms with van der Waals surface area (Å²) in [5.74, 6) is -0.874. The van der Waals surface area contributed by atoms with Gasteiger partial charge in [0, 0.05) is 11.4 Å². The van der Waals surface area contributed by atoms with E-state index >= 15 is 0 Å². The first kappa shape index (κ1) is 18.1. The van der Waals surface area contributed by atoms with E-state index in [0.717, 1.165) is 11.1 Å². The number of aryl methyl sites for hydroxylation is 2. The molecular weight excluding hydrogens is 332 g/mol. The van der Waals surface area contributed by atoms with E-state index in [4.69, 9.17) is 9.47 Å². The molecular formula is C16H20N2O5S. The van der Waals surface area contributed by atoms with Gasteiger partial charge in [0.25, 0.3) is 0 Å². The number of anilines is 1. The largest absolute Gasteiger partial charge is 0.467 e. The second kappa shape index (κ2) is 7.57. The molecule has 7 nitrogen and oxygen atoms in total. The van der Waals surface area contributed by atoms with Gasteiger partial charge in [0.05, 0.1) is 14.2 Å². The number of ether oxygens (including phenoxy) is 2. The average Bonchev–Trinajstić information content (AvgIpc) is 3.01. The number of hydrogen-bond donors (Lipinski definition) is 1. The molecule has 0 spiro atoms. The third-order valence-corrected chi connectivity index (χ3v) is 5.07. The van der Waals surface area contributed by atoms with Crippen LogP contribution in [0.5, 0.6) is 0 Å². The molecule has 2 atom stereocenters. The lowest BCUT2D eigenvalue weighted by Gasteiger charge is -2.27. The van der Waals surface area contributed by atoms with Crippen LogP contribution in [0.1, 0.15) is 11.1 Å². The zero-order valence-corrected chi connectivity index (χ0v) is 14.8. The minimum absolute atomic E-state index is 0.270. The highest BCUT2D eigenvalue weighted by Gasteiger charge is 2.46. The molecule has 24 heavy (non-hydrogen) atoms. The molecule has 0 unspecified atom stereocenters. The third kappa shape index (κ3) is 3.48. The summed E-state index contributed by atoms with van der Waals surface area (Å²) < 4.78 is 9.49. The van der Waals surface area contributed by atoms with Gasteiger partial charge in [0.1, 0.15) is 6.04 Å². The quantitative estimate of drug-likeness (QED) is 0.837. The first-order valence-corrected chi connectivity index (χ1v) is 8.38. The Hall–Kier alpha value is -2.22. The summed E-state index contributed by atoms with van der Waals surface area (Å²) >= 11 is 1.17. The number of rotatable bonds is 3. The van der Waals surface area contributed by atoms with Gasteiger partial charge >= 0.3 is 18.0 Å². The van der Waals surface area contributed by atoms with Crippen molar-refractivity contribution in [2.24, 2.45) is 0 Å². The predicted molar refractivity (Wildman–Crippen MR) is 90.8 cm³/mol. The summed E-state index contributed by atoms with van der Waals surface area (Å²) in [5.41, 5.74) is 2.44. The maximum Gasteiger partial charge on any atom is 0.339 e. The van der Waals surface area contributed by atoms with E-state index < -0.39 is 29.4 Å². The number of methoxy groups -OCH3 is 2. The molecule has 1 aromatic rings. The van der Waals surface area contributed by atoms with Gasteiger partial charge in [0.2, 0.25) is 0 Å². The van der Waals surface area contributed by atoms with E-state index in [1.165, 1.54) is 30.9 Å². The fourth-order valence-electron chi connectivity index (χ4n) is 2.54. The van der Waals surface area contributed by atoms with Crippen molar-refractivity contribution in [2.45, 2.75) is 25.3 Å². The van der Waals surface area contributed by atoms with Gasteiger partial charge in [-0.25, -0.2) is 14.4 Å². The number of amides is 2. The van der Waals surface area contributed by atoms with Crippen LogP contribution in [0.4, 0.5) is 10.5 Å². The van der Waals surface area contributed by atoms with E-state index in [-0.39, 0.29) is 5.75 Å². The SMILES string of the molecule is COC(=O)[C@H]1CS[C@H](C(=O)OC)N1C(=O)Nc1c(C)cccc1C. The molecule has 1 aromatic carbocycles. The van der Waals surface area contributed by atoms with E-state index in [0.29, 0.717) is 5.69 Å². The van der Waals surface area contributed by atoms with Crippen molar-refractivity contribution in [3.8, 4) is 0 Å². The predicted octanol–water partition coefficient (Wildman–Crippen LogP) is 1.92. The summed E-state index contributed by atoms with van der Waals surface area (Å²) in [6.45, 7) is 3.74. The average molecular weight is 352 g/mol. The van der Waals surface area contributed by atoms with Gasteiger partial charge in [-0.05, 0) is 25.0 Å². The van der Waals surface area contributed by atoms with Crippen LogP contribution >= 0.6 is 11.8 Å². The summed E-state index contributed by atoms with van der Waals surface area (Å²) in [6.07, 6.45) is 0. The third-order valence-electron chi connectivity index (χ3n) is 3.82. The fraction of sp³-hybridized carbons (Fsp3) is 0.438. The molecule has 8 heteroatoms. The Labute approximate surface area is 144 Å². The summed E-state index contributed by atoms with van der Waals surface area (Å²) in [5, 5.41) is 1.91. The van der Waals surface area contributed by atoms with E-state index in [9.17, 15) is 14.4 Å². The number of carbonyl (C=O) groups excluding carboxylic acids is 3. The first-order chi connectivity index (χ1) is 11.4. The number of thioether (sulfide) groups is 1. The summed E-state index contributed by atoms with van der Waals surface area (Å²) in [7, 11) is 2.50. The molecule has 1 fully saturated rings. The van der Waals surface area contributed by atoms with Gasteiger partial charge in [0.15, 0.2) is 5.37 Å². The number of nitrogens with zero attached hydrogens (tertiary/aromatic N) is 1. The molecule has 0 bridgehead atoms. The highest BCUT2D eigenvalue weighted by atomic mass is 32.2. The second-order valence-corrected chi connectivity index (χ2v) is 6.47. The normalized spacial score (nSPS) is 19.8. The van der Waals surface area contributed by atoms with Gasteiger partial charge in [-0.15, -0.1) is 11.8 Å². The van der Waals surface area contributed by atoms with Crippen molar-refractivity contribution >= 4 is 35.4 Å². The molecule has 1 aliphatic heterocycles. The van der Waals surface area contributed by atoms with Crippen LogP contribution < -0.4 is 5.32 Å². The highest BCUT2D eigenvalue weighted by Crippen LogP contribution is 2.32. The van der Waals surface area contributed by atoms with Crippen molar-refractivity contribution in [2.75, 3.05) is 25.3 Å². The molecule has 130 valence electrons. The van der Waals surface area contributed by atoms with Crippen LogP contribution in [0.15, 0.2) is 18.2 Å². The smallest absolute Gasteiger partial charge is 0.339 e. The summed E-state index contributed by atoms with van der Waals surface area (Å²) in [6, 6.07) is 4.26. The molecule has 1 saturated heterocycles. The number of hydrogen-bond acceptors (Lipinski definition) is 6. The lowest BCUT2D eigenvalue weighted by Crippen LogP contribution is -2.50. The van der Waals surface area contributed by atoms with Crippen molar-refractivity contribution in [3.05, 3.63) is 29.3 Å². The molecule has 0 aromatic heterocycles. The summed E-state index contributed by atoms with van der Waals surface area (Å²) in [4.78, 5) is 37.9. The van der Waals surface area contributed by atoms with E-state index in [1.54, 1.807) is 0 Å². The fourth-order valence-corrected chi connectivity index (χ4v) is 3.83. The topological polar surface area (TPSA) is 84.9 Å². The number of para-hydroxylation sites is 1. The molecule has 1 heterocycles. The number of benzene rings is 1. The van der Waals surface area contributed by atoms with Crippen molar-refractivity contribution in [1.82, 2.24) is 4.90 Å². The Balaban J connectivity index is 2.30. The van der Waals surface area contributed by atoms with Crippen LogP contribution in [-0.4, -0.2) is 54.3 Å². The highest BCUT2D eigenvalue weighted by molar-refractivity contribution is 8.00. The Morgan fingerprint density at radius 2 is 1.71 bits per heavy atom. The van der Waals surface area contributed by atoms with Crippen molar-refractivity contribution in [1.29, 1.82) is 0 Å². The molecule has 0 aliphatic carbocycles. The molecule has 1 aliphatic rings. The standard InChI is InChI=1S/C16H20N2O5S/c1-9-6-5-7-10(2)12(9)17-16(21)18-11(14(19)22-3)8-24-13(18)15(20)23-4/h5-7,11,13H,8H2,1-4H3,(H,17,21)/t11-,13-/m1/s1. The zero-order valence-electron chi connectivity index (χ0n) is 14.0. The van der Waals surface area contributed by atoms with Crippen LogP contribution in [0.2, 0.25) is 0 Å². The van der Waals surface area contributed by atoms with Gasteiger partial charge in [-0.2, -0.15) is 0 Å². The Bertz CT molecular complexity index is 620. The minimum atomic E-state index is -0.886. The van der Waals surface area contributed by atoms with Gasteiger partial charge in [-0.3, -0.25) is 4.90 Å². The maximum atomic E-state index is 12.8. The molecule has 2 amide bonds. The number of nitrogens with one attached hydrogen (secondary N) is 1. The lowest BCUT2D eigenvalue weighted by molar-refractivity contribution is -0.147. The molecule has 1 N–H and O–H groups in total. The Morgan fingerprint density at radius 3 is 2.25 bits per heavy atom. The minimum Gasteiger partial charge on any atom is -0.467 e. The van der Waals surface area contributed by atoms with Crippen LogP contribution in [0, 0.1) is 13.8 Å². The zero-order chi connectivity index (χ0) is 17.9. The van der Waals surface area contributed by atoms with Crippen molar-refractivity contribution < 1.29 is 23.9 Å². The molecule has 0 radical (unpaired) electrons.